The first-order valence-electron chi connectivity index (χ1n) is 7.58. The van der Waals surface area contributed by atoms with Crippen LogP contribution >= 0.6 is 23.2 Å². The first kappa shape index (κ1) is 20.6. The summed E-state index contributed by atoms with van der Waals surface area (Å²) in [6.07, 6.45) is 1.83. The number of benzene rings is 1. The molecule has 1 aromatic heterocycles. The van der Waals surface area contributed by atoms with E-state index in [2.05, 4.69) is 15.0 Å². The largest absolute Gasteiger partial charge is 0.320 e. The van der Waals surface area contributed by atoms with E-state index in [-0.39, 0.29) is 26.8 Å². The SMILES string of the molecule is CCC(C)NS(=O)(=O)c1ccc(F)c(C(=O)Nc2cnc(Cl)c(Cl)c2)c1. The molecular weight excluding hydrogens is 404 g/mol. The number of hydrogen-bond acceptors (Lipinski definition) is 4. The normalized spacial score (nSPS) is 12.7. The third-order valence-corrected chi connectivity index (χ3v) is 5.79. The zero-order chi connectivity index (χ0) is 19.5. The first-order chi connectivity index (χ1) is 12.1. The van der Waals surface area contributed by atoms with Crippen molar-refractivity contribution in [3.63, 3.8) is 0 Å². The summed E-state index contributed by atoms with van der Waals surface area (Å²) in [7, 11) is -3.88. The van der Waals surface area contributed by atoms with Crippen LogP contribution in [0.2, 0.25) is 10.2 Å². The molecule has 0 aliphatic carbocycles. The van der Waals surface area contributed by atoms with Crippen molar-refractivity contribution in [3.05, 3.63) is 52.0 Å². The van der Waals surface area contributed by atoms with Crippen LogP contribution in [-0.4, -0.2) is 25.4 Å². The molecule has 0 aliphatic rings. The number of halogens is 3. The minimum Gasteiger partial charge on any atom is -0.320 e. The highest BCUT2D eigenvalue weighted by Gasteiger charge is 2.21. The van der Waals surface area contributed by atoms with Gasteiger partial charge in [0, 0.05) is 6.04 Å². The summed E-state index contributed by atoms with van der Waals surface area (Å²) in [5, 5.41) is 2.56. The monoisotopic (exact) mass is 419 g/mol. The van der Waals surface area contributed by atoms with E-state index in [0.29, 0.717) is 6.42 Å². The first-order valence-corrected chi connectivity index (χ1v) is 9.82. The van der Waals surface area contributed by atoms with Gasteiger partial charge in [-0.3, -0.25) is 4.79 Å². The molecule has 0 radical (unpaired) electrons. The number of amides is 1. The maximum Gasteiger partial charge on any atom is 0.258 e. The van der Waals surface area contributed by atoms with Gasteiger partial charge in [-0.25, -0.2) is 22.5 Å². The van der Waals surface area contributed by atoms with Gasteiger partial charge >= 0.3 is 0 Å². The summed E-state index contributed by atoms with van der Waals surface area (Å²) >= 11 is 11.5. The molecule has 2 N–H and O–H groups in total. The molecule has 1 amide bonds. The molecule has 1 unspecified atom stereocenters. The van der Waals surface area contributed by atoms with Gasteiger partial charge in [-0.2, -0.15) is 0 Å². The van der Waals surface area contributed by atoms with Gasteiger partial charge in [-0.1, -0.05) is 30.1 Å². The second-order valence-electron chi connectivity index (χ2n) is 5.52. The smallest absolute Gasteiger partial charge is 0.258 e. The number of nitrogens with zero attached hydrogens (tertiary/aromatic N) is 1. The van der Waals surface area contributed by atoms with Gasteiger partial charge in [0.1, 0.15) is 11.0 Å². The lowest BCUT2D eigenvalue weighted by Crippen LogP contribution is -2.32. The highest BCUT2D eigenvalue weighted by molar-refractivity contribution is 7.89. The van der Waals surface area contributed by atoms with Crippen molar-refractivity contribution in [1.29, 1.82) is 0 Å². The van der Waals surface area contributed by atoms with Crippen molar-refractivity contribution >= 4 is 44.8 Å². The maximum absolute atomic E-state index is 14.0. The Hall–Kier alpha value is -1.74. The number of sulfonamides is 1. The van der Waals surface area contributed by atoms with E-state index in [1.54, 1.807) is 6.92 Å². The Morgan fingerprint density at radius 1 is 1.31 bits per heavy atom. The highest BCUT2D eigenvalue weighted by atomic mass is 35.5. The van der Waals surface area contributed by atoms with Crippen LogP contribution in [0, 0.1) is 5.82 Å². The van der Waals surface area contributed by atoms with Gasteiger partial charge < -0.3 is 5.32 Å². The lowest BCUT2D eigenvalue weighted by atomic mass is 10.2. The quantitative estimate of drug-likeness (QED) is 0.695. The summed E-state index contributed by atoms with van der Waals surface area (Å²) in [5.41, 5.74) is -0.238. The lowest BCUT2D eigenvalue weighted by molar-refractivity contribution is 0.102. The van der Waals surface area contributed by atoms with Crippen LogP contribution in [-0.2, 0) is 10.0 Å². The Bertz CT molecular complexity index is 938. The van der Waals surface area contributed by atoms with Gasteiger partial charge in [0.05, 0.1) is 27.4 Å². The van der Waals surface area contributed by atoms with E-state index < -0.39 is 27.3 Å². The zero-order valence-corrected chi connectivity index (χ0v) is 16.2. The Morgan fingerprint density at radius 3 is 2.62 bits per heavy atom. The summed E-state index contributed by atoms with van der Waals surface area (Å²) in [6, 6.07) is 4.03. The molecule has 140 valence electrons. The van der Waals surface area contributed by atoms with Crippen LogP contribution in [0.3, 0.4) is 0 Å². The van der Waals surface area contributed by atoms with Crippen molar-refractivity contribution in [1.82, 2.24) is 9.71 Å². The molecule has 6 nitrogen and oxygen atoms in total. The summed E-state index contributed by atoms with van der Waals surface area (Å²) in [6.45, 7) is 3.52. The second kappa shape index (κ2) is 8.30. The maximum atomic E-state index is 14.0. The van der Waals surface area contributed by atoms with E-state index >= 15 is 0 Å². The predicted molar refractivity (Wildman–Crippen MR) is 98.7 cm³/mol. The Morgan fingerprint density at radius 2 is 2.00 bits per heavy atom. The summed E-state index contributed by atoms with van der Waals surface area (Å²) in [4.78, 5) is 15.9. The average Bonchev–Trinajstić information content (AvgIpc) is 2.57. The number of pyridine rings is 1. The molecule has 0 saturated carbocycles. The van der Waals surface area contributed by atoms with Crippen LogP contribution in [0.1, 0.15) is 30.6 Å². The van der Waals surface area contributed by atoms with Gasteiger partial charge in [0.25, 0.3) is 5.91 Å². The molecule has 10 heteroatoms. The number of carbonyl (C=O) groups excluding carboxylic acids is 1. The molecule has 2 rings (SSSR count). The van der Waals surface area contributed by atoms with Crippen molar-refractivity contribution in [3.8, 4) is 0 Å². The third-order valence-electron chi connectivity index (χ3n) is 3.52. The number of aromatic nitrogens is 1. The lowest BCUT2D eigenvalue weighted by Gasteiger charge is -2.13. The number of hydrogen-bond donors (Lipinski definition) is 2. The van der Waals surface area contributed by atoms with Crippen LogP contribution in [0.5, 0.6) is 0 Å². The fraction of sp³-hybridized carbons (Fsp3) is 0.250. The van der Waals surface area contributed by atoms with E-state index in [1.807, 2.05) is 6.92 Å². The summed E-state index contributed by atoms with van der Waals surface area (Å²) in [5.74, 6) is -1.71. The number of anilines is 1. The van der Waals surface area contributed by atoms with Gasteiger partial charge in [0.15, 0.2) is 0 Å². The van der Waals surface area contributed by atoms with Gasteiger partial charge in [-0.05, 0) is 37.6 Å². The van der Waals surface area contributed by atoms with Crippen molar-refractivity contribution in [2.75, 3.05) is 5.32 Å². The molecular formula is C16H16Cl2FN3O3S. The molecule has 2 aromatic rings. The van der Waals surface area contributed by atoms with E-state index in [0.717, 1.165) is 18.2 Å². The number of carbonyl (C=O) groups is 1. The second-order valence-corrected chi connectivity index (χ2v) is 8.00. The molecule has 0 aliphatic heterocycles. The number of rotatable bonds is 6. The minimum atomic E-state index is -3.88. The molecule has 1 aromatic carbocycles. The van der Waals surface area contributed by atoms with E-state index in [9.17, 15) is 17.6 Å². The fourth-order valence-corrected chi connectivity index (χ4v) is 3.57. The fourth-order valence-electron chi connectivity index (χ4n) is 1.95. The molecule has 0 bridgehead atoms. The molecule has 1 heterocycles. The Labute approximate surface area is 160 Å². The van der Waals surface area contributed by atoms with Crippen molar-refractivity contribution in [2.24, 2.45) is 0 Å². The molecule has 0 fully saturated rings. The molecule has 1 atom stereocenters. The average molecular weight is 420 g/mol. The van der Waals surface area contributed by atoms with Crippen LogP contribution in [0.4, 0.5) is 10.1 Å². The topological polar surface area (TPSA) is 88.2 Å². The Kier molecular flexibility index (Phi) is 6.57. The predicted octanol–water partition coefficient (Wildman–Crippen LogP) is 3.86. The Balaban J connectivity index is 2.31. The minimum absolute atomic E-state index is 0.0556. The highest BCUT2D eigenvalue weighted by Crippen LogP contribution is 2.23. The van der Waals surface area contributed by atoms with Crippen molar-refractivity contribution in [2.45, 2.75) is 31.2 Å². The van der Waals surface area contributed by atoms with Crippen LogP contribution in [0.15, 0.2) is 35.4 Å². The standard InChI is InChI=1S/C16H16Cl2FN3O3S/c1-3-9(2)22-26(24,25)11-4-5-14(19)12(7-11)16(23)21-10-6-13(17)15(18)20-8-10/h4-9,22H,3H2,1-2H3,(H,21,23). The van der Waals surface area contributed by atoms with Crippen LogP contribution < -0.4 is 10.0 Å². The van der Waals surface area contributed by atoms with Gasteiger partial charge in [0.2, 0.25) is 10.0 Å². The van der Waals surface area contributed by atoms with Gasteiger partial charge in [-0.15, -0.1) is 0 Å². The molecule has 26 heavy (non-hydrogen) atoms. The zero-order valence-electron chi connectivity index (χ0n) is 13.9. The molecule has 0 spiro atoms. The number of nitrogens with one attached hydrogen (secondary N) is 2. The van der Waals surface area contributed by atoms with E-state index in [1.165, 1.54) is 12.3 Å². The molecule has 0 saturated heterocycles. The summed E-state index contributed by atoms with van der Waals surface area (Å²) < 4.78 is 41.1. The van der Waals surface area contributed by atoms with E-state index in [4.69, 9.17) is 23.2 Å². The van der Waals surface area contributed by atoms with Crippen molar-refractivity contribution < 1.29 is 17.6 Å². The third kappa shape index (κ3) is 4.91. The van der Waals surface area contributed by atoms with Crippen LogP contribution in [0.25, 0.3) is 0 Å².